The van der Waals surface area contributed by atoms with Crippen LogP contribution in [0.25, 0.3) is 11.0 Å². The Labute approximate surface area is 156 Å². The van der Waals surface area contributed by atoms with Crippen LogP contribution in [0.1, 0.15) is 12.8 Å². The van der Waals surface area contributed by atoms with Crippen molar-refractivity contribution < 1.29 is 13.2 Å². The van der Waals surface area contributed by atoms with E-state index in [0.717, 1.165) is 12.8 Å². The Morgan fingerprint density at radius 3 is 2.59 bits per heavy atom. The fourth-order valence-electron chi connectivity index (χ4n) is 3.15. The summed E-state index contributed by atoms with van der Waals surface area (Å²) >= 11 is 0. The van der Waals surface area contributed by atoms with Crippen molar-refractivity contribution in [1.29, 1.82) is 0 Å². The van der Waals surface area contributed by atoms with Gasteiger partial charge < -0.3 is 15.2 Å². The Balaban J connectivity index is 1.61. The van der Waals surface area contributed by atoms with E-state index in [2.05, 4.69) is 20.0 Å². The van der Waals surface area contributed by atoms with Crippen LogP contribution in [0.3, 0.4) is 0 Å². The number of fused-ring (bicyclic) bond motifs is 1. The molecule has 1 aliphatic heterocycles. The van der Waals surface area contributed by atoms with Gasteiger partial charge in [0.15, 0.2) is 0 Å². The number of carbonyl (C=O) groups excluding carboxylic acids is 1. The molecular weight excluding hydrogens is 366 g/mol. The third-order valence-electron chi connectivity index (χ3n) is 4.51. The van der Waals surface area contributed by atoms with Crippen LogP contribution >= 0.6 is 0 Å². The molecule has 1 aromatic carbocycles. The molecule has 4 rings (SSSR count). The maximum Gasteiger partial charge on any atom is 0.321 e. The number of aromatic amines is 1. The van der Waals surface area contributed by atoms with Crippen LogP contribution in [0.4, 0.5) is 16.2 Å². The summed E-state index contributed by atoms with van der Waals surface area (Å²) in [6, 6.07) is 9.88. The smallest absolute Gasteiger partial charge is 0.321 e. The zero-order valence-electron chi connectivity index (χ0n) is 14.5. The number of hydrogen-bond donors (Lipinski definition) is 3. The maximum atomic E-state index is 12.9. The lowest BCUT2D eigenvalue weighted by Gasteiger charge is -2.18. The molecular formula is C18H19N5O3S. The molecule has 0 unspecified atom stereocenters. The topological polar surface area (TPSA) is 107 Å². The average Bonchev–Trinajstić information content (AvgIpc) is 3.33. The van der Waals surface area contributed by atoms with Gasteiger partial charge in [0.2, 0.25) is 0 Å². The molecule has 1 aliphatic rings. The number of sulfonamides is 1. The van der Waals surface area contributed by atoms with Crippen LogP contribution in [-0.4, -0.2) is 42.4 Å². The first-order valence-electron chi connectivity index (χ1n) is 8.64. The minimum atomic E-state index is -3.86. The van der Waals surface area contributed by atoms with Crippen molar-refractivity contribution in [2.24, 2.45) is 0 Å². The van der Waals surface area contributed by atoms with Crippen LogP contribution in [-0.2, 0) is 10.0 Å². The molecule has 1 saturated heterocycles. The molecule has 8 nitrogen and oxygen atoms in total. The summed E-state index contributed by atoms with van der Waals surface area (Å²) in [7, 11) is -3.86. The Morgan fingerprint density at radius 1 is 1.07 bits per heavy atom. The predicted octanol–water partition coefficient (Wildman–Crippen LogP) is 2.99. The van der Waals surface area contributed by atoms with E-state index in [0.29, 0.717) is 35.5 Å². The molecule has 0 aliphatic carbocycles. The monoisotopic (exact) mass is 385 g/mol. The number of benzene rings is 1. The second kappa shape index (κ2) is 6.92. The first-order chi connectivity index (χ1) is 13.0. The fraction of sp³-hybridized carbons (Fsp3) is 0.222. The van der Waals surface area contributed by atoms with Crippen LogP contribution in [0.15, 0.2) is 53.7 Å². The van der Waals surface area contributed by atoms with Crippen LogP contribution in [0.2, 0.25) is 0 Å². The molecule has 27 heavy (non-hydrogen) atoms. The molecule has 2 amide bonds. The third-order valence-corrected chi connectivity index (χ3v) is 5.91. The summed E-state index contributed by atoms with van der Waals surface area (Å²) in [6.07, 6.45) is 4.96. The molecule has 0 atom stereocenters. The van der Waals surface area contributed by atoms with E-state index in [1.165, 1.54) is 6.20 Å². The highest BCUT2D eigenvalue weighted by molar-refractivity contribution is 7.93. The van der Waals surface area contributed by atoms with Gasteiger partial charge >= 0.3 is 6.03 Å². The summed E-state index contributed by atoms with van der Waals surface area (Å²) in [4.78, 5) is 21.2. The molecule has 0 spiro atoms. The van der Waals surface area contributed by atoms with Gasteiger partial charge in [-0.2, -0.15) is 0 Å². The Hall–Kier alpha value is -3.07. The largest absolute Gasteiger partial charge is 0.345 e. The van der Waals surface area contributed by atoms with E-state index in [1.54, 1.807) is 47.5 Å². The molecule has 0 saturated carbocycles. The summed E-state index contributed by atoms with van der Waals surface area (Å²) in [6.45, 7) is 1.42. The SMILES string of the molecule is O=C(Nc1ccccc1NS(=O)(=O)c1c[nH]c2ncccc12)N1CCCC1. The second-order valence-electron chi connectivity index (χ2n) is 6.33. The van der Waals surface area contributed by atoms with Gasteiger partial charge in [0.25, 0.3) is 10.0 Å². The fourth-order valence-corrected chi connectivity index (χ4v) is 4.39. The van der Waals surface area contributed by atoms with E-state index < -0.39 is 10.0 Å². The summed E-state index contributed by atoms with van der Waals surface area (Å²) in [5.41, 5.74) is 1.22. The van der Waals surface area contributed by atoms with E-state index in [4.69, 9.17) is 0 Å². The van der Waals surface area contributed by atoms with Gasteiger partial charge in [0, 0.05) is 30.9 Å². The highest BCUT2D eigenvalue weighted by atomic mass is 32.2. The summed E-state index contributed by atoms with van der Waals surface area (Å²) < 4.78 is 28.3. The minimum absolute atomic E-state index is 0.103. The van der Waals surface area contributed by atoms with Gasteiger partial charge in [-0.25, -0.2) is 18.2 Å². The molecule has 1 fully saturated rings. The van der Waals surface area contributed by atoms with Crippen molar-refractivity contribution in [2.45, 2.75) is 17.7 Å². The highest BCUT2D eigenvalue weighted by Gasteiger charge is 2.22. The molecule has 0 bridgehead atoms. The normalized spacial score (nSPS) is 14.4. The van der Waals surface area contributed by atoms with Crippen LogP contribution in [0.5, 0.6) is 0 Å². The van der Waals surface area contributed by atoms with Crippen molar-refractivity contribution in [3.63, 3.8) is 0 Å². The predicted molar refractivity (Wildman–Crippen MR) is 103 cm³/mol. The van der Waals surface area contributed by atoms with Gasteiger partial charge in [-0.1, -0.05) is 12.1 Å². The Kier molecular flexibility index (Phi) is 4.44. The number of likely N-dealkylation sites (tertiary alicyclic amines) is 1. The van der Waals surface area contributed by atoms with Crippen molar-refractivity contribution >= 4 is 38.5 Å². The van der Waals surface area contributed by atoms with Crippen molar-refractivity contribution in [3.05, 3.63) is 48.8 Å². The van der Waals surface area contributed by atoms with Crippen molar-refractivity contribution in [2.75, 3.05) is 23.1 Å². The molecule has 3 heterocycles. The number of carbonyl (C=O) groups is 1. The van der Waals surface area contributed by atoms with E-state index in [-0.39, 0.29) is 10.9 Å². The number of aromatic nitrogens is 2. The number of amides is 2. The summed E-state index contributed by atoms with van der Waals surface area (Å²) in [5, 5.41) is 3.30. The zero-order chi connectivity index (χ0) is 18.9. The van der Waals surface area contributed by atoms with Crippen LogP contribution < -0.4 is 10.0 Å². The van der Waals surface area contributed by atoms with Crippen molar-refractivity contribution in [3.8, 4) is 0 Å². The lowest BCUT2D eigenvalue weighted by Crippen LogP contribution is -2.32. The Morgan fingerprint density at radius 2 is 1.81 bits per heavy atom. The molecule has 3 aromatic rings. The lowest BCUT2D eigenvalue weighted by molar-refractivity contribution is 0.222. The summed E-state index contributed by atoms with van der Waals surface area (Å²) in [5.74, 6) is 0. The number of nitrogens with one attached hydrogen (secondary N) is 3. The number of hydrogen-bond acceptors (Lipinski definition) is 4. The van der Waals surface area contributed by atoms with Gasteiger partial charge in [-0.15, -0.1) is 0 Å². The van der Waals surface area contributed by atoms with E-state index in [9.17, 15) is 13.2 Å². The molecule has 0 radical (unpaired) electrons. The zero-order valence-corrected chi connectivity index (χ0v) is 15.3. The molecule has 2 aromatic heterocycles. The molecule has 9 heteroatoms. The number of para-hydroxylation sites is 2. The van der Waals surface area contributed by atoms with E-state index >= 15 is 0 Å². The minimum Gasteiger partial charge on any atom is -0.345 e. The molecule has 3 N–H and O–H groups in total. The number of anilines is 2. The van der Waals surface area contributed by atoms with Gasteiger partial charge in [0.1, 0.15) is 10.5 Å². The van der Waals surface area contributed by atoms with Gasteiger partial charge in [-0.05, 0) is 37.1 Å². The quantitative estimate of drug-likeness (QED) is 0.642. The highest BCUT2D eigenvalue weighted by Crippen LogP contribution is 2.28. The average molecular weight is 385 g/mol. The first-order valence-corrected chi connectivity index (χ1v) is 10.1. The maximum absolute atomic E-state index is 12.9. The van der Waals surface area contributed by atoms with Crippen molar-refractivity contribution in [1.82, 2.24) is 14.9 Å². The van der Waals surface area contributed by atoms with E-state index in [1.807, 2.05) is 0 Å². The van der Waals surface area contributed by atoms with Gasteiger partial charge in [-0.3, -0.25) is 4.72 Å². The number of H-pyrrole nitrogens is 1. The van der Waals surface area contributed by atoms with Gasteiger partial charge in [0.05, 0.1) is 11.4 Å². The number of rotatable bonds is 4. The third kappa shape index (κ3) is 3.45. The Bertz CT molecular complexity index is 1090. The number of pyridine rings is 1. The molecule has 140 valence electrons. The lowest BCUT2D eigenvalue weighted by atomic mass is 10.3. The number of urea groups is 1. The second-order valence-corrected chi connectivity index (χ2v) is 7.98. The standard InChI is InChI=1S/C18H19N5O3S/c24-18(23-10-3-4-11-23)21-14-7-1-2-8-15(14)22-27(25,26)16-12-20-17-13(16)6-5-9-19-17/h1-2,5-9,12,22H,3-4,10-11H2,(H,19,20)(H,21,24). The van der Waals surface area contributed by atoms with Crippen LogP contribution in [0, 0.1) is 0 Å². The number of nitrogens with zero attached hydrogens (tertiary/aromatic N) is 2. The first kappa shape index (κ1) is 17.3.